The molecule has 7 rings (SSSR count). The Hall–Kier alpha value is -5.16. The molecule has 5 heterocycles. The zero-order chi connectivity index (χ0) is 51.9. The minimum atomic E-state index is -0.949. The molecule has 16 nitrogen and oxygen atoms in total. The second kappa shape index (κ2) is 24.0. The molecule has 2 saturated heterocycles. The van der Waals surface area contributed by atoms with Crippen LogP contribution < -0.4 is 20.8 Å². The van der Waals surface area contributed by atoms with E-state index in [1.807, 2.05) is 47.7 Å². The second-order valence-corrected chi connectivity index (χ2v) is 21.1. The highest BCUT2D eigenvalue weighted by Crippen LogP contribution is 2.46. The number of benzene rings is 2. The van der Waals surface area contributed by atoms with Gasteiger partial charge in [0.15, 0.2) is 17.2 Å². The molecular formula is C55H79N5O11. The summed E-state index contributed by atoms with van der Waals surface area (Å²) in [6, 6.07) is 0. The first-order valence-electron chi connectivity index (χ1n) is 25.7. The Morgan fingerprint density at radius 2 is 1.61 bits per heavy atom. The summed E-state index contributed by atoms with van der Waals surface area (Å²) in [5.74, 6) is -3.60. The van der Waals surface area contributed by atoms with Gasteiger partial charge in [0.05, 0.1) is 48.0 Å². The first-order valence-corrected chi connectivity index (χ1v) is 25.7. The Bertz CT molecular complexity index is 2510. The molecule has 5 aliphatic heterocycles. The number of esters is 2. The van der Waals surface area contributed by atoms with E-state index in [4.69, 9.17) is 28.9 Å². The van der Waals surface area contributed by atoms with Crippen molar-refractivity contribution < 1.29 is 53.4 Å². The number of aromatic hydroxyl groups is 2. The highest BCUT2D eigenvalue weighted by Gasteiger charge is 2.41. The predicted octanol–water partition coefficient (Wildman–Crippen LogP) is 6.88. The molecule has 0 radical (unpaired) electrons. The topological polar surface area (TPSA) is 209 Å². The molecule has 2 aromatic carbocycles. The lowest BCUT2D eigenvalue weighted by Crippen LogP contribution is -2.44. The van der Waals surface area contributed by atoms with Crippen LogP contribution in [0, 0.1) is 36.5 Å². The predicted molar refractivity (Wildman–Crippen MR) is 272 cm³/mol. The van der Waals surface area contributed by atoms with Crippen LogP contribution in [0.15, 0.2) is 45.9 Å². The number of methoxy groups -OCH3 is 1. The lowest BCUT2D eigenvalue weighted by atomic mass is 9.79. The van der Waals surface area contributed by atoms with Crippen molar-refractivity contribution in [1.82, 2.24) is 9.80 Å². The molecule has 1 spiro atoms. The molecule has 2 aromatic rings. The molecular weight excluding hydrogens is 907 g/mol. The summed E-state index contributed by atoms with van der Waals surface area (Å²) in [5.41, 5.74) is -0.297. The van der Waals surface area contributed by atoms with Crippen molar-refractivity contribution in [1.29, 1.82) is 0 Å². The SMILES string of the molecule is CCCOc1c(C)c(O)c2c(O)c3c4c(c2c1C(=O)C/C=C/[C@H](OC)[C@@H](C)[C@@H](OC(=O)CCC(=O)OC1CCN(C)C1)[C@H](C)[C@H](O)[C@H](C)C[C@@H](C)/C=C/C=C(/C)C(=O)N3)=NC1(CCN(CC(C)C)CC1)N=4. The Morgan fingerprint density at radius 3 is 2.24 bits per heavy atom. The number of Topliss-reactive ketones (excluding diaryl/α,β-unsaturated/α-hetero) is 1. The normalized spacial score (nSPS) is 28.5. The van der Waals surface area contributed by atoms with Gasteiger partial charge in [-0.05, 0) is 57.9 Å². The number of carbonyl (C=O) groups is 4. The van der Waals surface area contributed by atoms with Gasteiger partial charge in [-0.25, -0.2) is 0 Å². The average molecular weight is 986 g/mol. The van der Waals surface area contributed by atoms with Crippen LogP contribution in [0.25, 0.3) is 10.8 Å². The minimum Gasteiger partial charge on any atom is -0.507 e. The number of ether oxygens (including phenoxy) is 4. The molecule has 5 aliphatic rings. The molecule has 0 saturated carbocycles. The van der Waals surface area contributed by atoms with Crippen LogP contribution in [-0.4, -0.2) is 132 Å². The van der Waals surface area contributed by atoms with Crippen LogP contribution >= 0.6 is 0 Å². The highest BCUT2D eigenvalue weighted by atomic mass is 16.6. The van der Waals surface area contributed by atoms with Crippen molar-refractivity contribution in [2.75, 3.05) is 58.8 Å². The number of phenols is 2. The smallest absolute Gasteiger partial charge is 0.306 e. The minimum absolute atomic E-state index is 0.0115. The van der Waals surface area contributed by atoms with Gasteiger partial charge in [-0.3, -0.25) is 29.2 Å². The summed E-state index contributed by atoms with van der Waals surface area (Å²) in [5, 5.41) is 39.8. The average Bonchev–Trinajstić information content (AvgIpc) is 3.92. The number of aliphatic hydroxyl groups excluding tert-OH is 1. The van der Waals surface area contributed by atoms with E-state index in [-0.39, 0.29) is 93.6 Å². The van der Waals surface area contributed by atoms with Gasteiger partial charge in [-0.2, -0.15) is 0 Å². The summed E-state index contributed by atoms with van der Waals surface area (Å²) < 4.78 is 24.1. The Labute approximate surface area is 419 Å². The lowest BCUT2D eigenvalue weighted by molar-refractivity contribution is -0.164. The van der Waals surface area contributed by atoms with E-state index in [0.717, 1.165) is 19.5 Å². The van der Waals surface area contributed by atoms with E-state index in [1.54, 1.807) is 38.2 Å². The van der Waals surface area contributed by atoms with Crippen LogP contribution in [0.1, 0.15) is 123 Å². The number of amides is 1. The third kappa shape index (κ3) is 12.9. The van der Waals surface area contributed by atoms with Gasteiger partial charge >= 0.3 is 11.9 Å². The van der Waals surface area contributed by atoms with E-state index >= 15 is 4.79 Å². The van der Waals surface area contributed by atoms with E-state index in [2.05, 4.69) is 29.0 Å². The molecule has 71 heavy (non-hydrogen) atoms. The van der Waals surface area contributed by atoms with Crippen molar-refractivity contribution in [3.8, 4) is 17.2 Å². The number of anilines is 1. The second-order valence-electron chi connectivity index (χ2n) is 21.1. The zero-order valence-corrected chi connectivity index (χ0v) is 43.9. The Morgan fingerprint density at radius 1 is 0.930 bits per heavy atom. The molecule has 16 heteroatoms. The number of piperidine rings is 1. The molecule has 2 fully saturated rings. The van der Waals surface area contributed by atoms with Gasteiger partial charge < -0.3 is 49.4 Å². The van der Waals surface area contributed by atoms with Gasteiger partial charge in [-0.1, -0.05) is 78.8 Å². The number of likely N-dealkylation sites (N-methyl/N-ethyl adjacent to an activating group) is 1. The van der Waals surface area contributed by atoms with E-state index < -0.39 is 65.2 Å². The monoisotopic (exact) mass is 986 g/mol. The van der Waals surface area contributed by atoms with E-state index in [0.29, 0.717) is 56.8 Å². The Kier molecular flexibility index (Phi) is 18.7. The fraction of sp³-hybridized carbons (Fsp3) is 0.636. The van der Waals surface area contributed by atoms with E-state index in [9.17, 15) is 29.7 Å². The summed E-state index contributed by atoms with van der Waals surface area (Å²) in [6.45, 7) is 21.2. The number of aliphatic hydroxyl groups is 1. The van der Waals surface area contributed by atoms with Crippen LogP contribution in [-0.2, 0) is 28.6 Å². The van der Waals surface area contributed by atoms with Crippen LogP contribution in [0.5, 0.6) is 17.2 Å². The summed E-state index contributed by atoms with van der Waals surface area (Å²) in [4.78, 5) is 70.5. The number of likely N-dealkylation sites (tertiary alicyclic amines) is 2. The number of nitrogens with one attached hydrogen (secondary N) is 1. The first-order chi connectivity index (χ1) is 33.7. The molecule has 1 unspecified atom stereocenters. The summed E-state index contributed by atoms with van der Waals surface area (Å²) >= 11 is 0. The number of rotatable bonds is 11. The van der Waals surface area contributed by atoms with Gasteiger partial charge in [0.2, 0.25) is 0 Å². The highest BCUT2D eigenvalue weighted by molar-refractivity contribution is 6.16. The van der Waals surface area contributed by atoms with Gasteiger partial charge in [0.25, 0.3) is 5.91 Å². The summed E-state index contributed by atoms with van der Waals surface area (Å²) in [6.07, 6.45) is 8.53. The van der Waals surface area contributed by atoms with E-state index in [1.165, 1.54) is 7.11 Å². The number of hydrogen-bond donors (Lipinski definition) is 4. The van der Waals surface area contributed by atoms with Gasteiger partial charge in [-0.15, -0.1) is 0 Å². The summed E-state index contributed by atoms with van der Waals surface area (Å²) in [7, 11) is 3.48. The maximum Gasteiger partial charge on any atom is 0.306 e. The van der Waals surface area contributed by atoms with Crippen molar-refractivity contribution in [2.45, 2.75) is 144 Å². The Balaban J connectivity index is 1.45. The zero-order valence-electron chi connectivity index (χ0n) is 43.9. The number of nitrogens with zero attached hydrogens (tertiary/aromatic N) is 4. The van der Waals surface area contributed by atoms with Crippen LogP contribution in [0.2, 0.25) is 0 Å². The molecule has 1 amide bonds. The maximum atomic E-state index is 15.0. The molecule has 4 bridgehead atoms. The van der Waals surface area contributed by atoms with Crippen molar-refractivity contribution in [3.05, 3.63) is 57.8 Å². The number of carbonyl (C=O) groups excluding carboxylic acids is 4. The largest absolute Gasteiger partial charge is 0.507 e. The van der Waals surface area contributed by atoms with Crippen LogP contribution in [0.4, 0.5) is 5.69 Å². The standard InChI is InChI=1S/C55H79N5O11/c1-12-27-69-53-37(9)50(65)45-44-43(53)39(61)17-14-18-40(68-11)35(7)52(71-42(63)20-19-41(62)70-38-21-24-59(10)30-38)36(8)49(64)34(6)28-32(4)15-13-16-33(5)54(67)56-48(51(45)66)47-46(44)57-55(58-47)22-25-60(26-23-55)29-31(2)3/h13-16,18,31-32,34-36,38,40,49,52,64-66H,12,17,19-30H2,1-11H3,(H,56,67)/b15-13+,18-14+,33-16-/t32-,34+,35+,36+,38?,40-,49+,52+/m0/s1. The van der Waals surface area contributed by atoms with Gasteiger partial charge in [0, 0.05) is 87.5 Å². The molecule has 8 atom stereocenters. The van der Waals surface area contributed by atoms with Crippen LogP contribution in [0.3, 0.4) is 0 Å². The first kappa shape index (κ1) is 55.2. The van der Waals surface area contributed by atoms with Crippen molar-refractivity contribution >= 4 is 40.1 Å². The lowest BCUT2D eigenvalue weighted by Gasteiger charge is -2.37. The number of allylic oxidation sites excluding steroid dienone is 4. The third-order valence-electron chi connectivity index (χ3n) is 14.6. The molecule has 0 aliphatic carbocycles. The van der Waals surface area contributed by atoms with Crippen molar-refractivity contribution in [3.63, 3.8) is 0 Å². The quantitative estimate of drug-likeness (QED) is 0.103. The van der Waals surface area contributed by atoms with Gasteiger partial charge in [0.1, 0.15) is 34.8 Å². The molecule has 4 N–H and O–H groups in total. The third-order valence-corrected chi connectivity index (χ3v) is 14.6. The van der Waals surface area contributed by atoms with Crippen molar-refractivity contribution in [2.24, 2.45) is 39.6 Å². The number of fused-ring (bicyclic) bond motifs is 14. The molecule has 390 valence electrons. The fourth-order valence-corrected chi connectivity index (χ4v) is 10.6. The number of phenolic OH excluding ortho intramolecular Hbond substituents is 2. The number of ketones is 1. The fourth-order valence-electron chi connectivity index (χ4n) is 10.6. The molecule has 0 aromatic heterocycles. The number of hydrogen-bond acceptors (Lipinski definition) is 15. The maximum absolute atomic E-state index is 15.0.